The van der Waals surface area contributed by atoms with Gasteiger partial charge >= 0.3 is 5.97 Å². The van der Waals surface area contributed by atoms with E-state index in [-0.39, 0.29) is 12.3 Å². The minimum atomic E-state index is -0.978. The molecule has 6 heteroatoms. The van der Waals surface area contributed by atoms with Crippen molar-refractivity contribution in [3.63, 3.8) is 0 Å². The molecule has 3 aromatic rings. The lowest BCUT2D eigenvalue weighted by molar-refractivity contribution is -0.137. The van der Waals surface area contributed by atoms with Gasteiger partial charge in [-0.15, -0.1) is 0 Å². The smallest absolute Gasteiger partial charge is 0.323 e. The molecule has 0 saturated heterocycles. The summed E-state index contributed by atoms with van der Waals surface area (Å²) in [5.41, 5.74) is 1.58. The van der Waals surface area contributed by atoms with Crippen molar-refractivity contribution in [2.24, 2.45) is 0 Å². The van der Waals surface area contributed by atoms with E-state index in [0.29, 0.717) is 27.8 Å². The number of benzene rings is 1. The second kappa shape index (κ2) is 5.92. The maximum atomic E-state index is 12.7. The summed E-state index contributed by atoms with van der Waals surface area (Å²) < 4.78 is 6.60. The van der Waals surface area contributed by atoms with E-state index in [9.17, 15) is 9.59 Å². The van der Waals surface area contributed by atoms with Crippen LogP contribution in [0.3, 0.4) is 0 Å². The Labute approximate surface area is 131 Å². The Hall–Kier alpha value is -3.15. The number of carbonyl (C=O) groups excluding carboxylic acids is 1. The molecule has 1 aromatic carbocycles. The number of carbonyl (C=O) groups is 2. The van der Waals surface area contributed by atoms with Crippen LogP contribution in [-0.2, 0) is 11.3 Å². The molecule has 116 valence electrons. The third-order valence-corrected chi connectivity index (χ3v) is 3.59. The molecule has 0 saturated carbocycles. The van der Waals surface area contributed by atoms with Crippen molar-refractivity contribution in [3.05, 3.63) is 60.0 Å². The summed E-state index contributed by atoms with van der Waals surface area (Å²) in [5.74, 6) is -0.485. The molecule has 0 radical (unpaired) electrons. The van der Waals surface area contributed by atoms with E-state index >= 15 is 0 Å². The fourth-order valence-corrected chi connectivity index (χ4v) is 2.49. The predicted molar refractivity (Wildman–Crippen MR) is 83.8 cm³/mol. The molecule has 0 aliphatic carbocycles. The lowest BCUT2D eigenvalue weighted by Gasteiger charge is -2.02. The van der Waals surface area contributed by atoms with Crippen molar-refractivity contribution in [2.75, 3.05) is 7.11 Å². The number of carboxylic acids is 1. The molecule has 0 aliphatic heterocycles. The van der Waals surface area contributed by atoms with Gasteiger partial charge in [0, 0.05) is 28.9 Å². The number of ketones is 1. The molecule has 1 N–H and O–H groups in total. The second-order valence-electron chi connectivity index (χ2n) is 5.01. The first-order valence-corrected chi connectivity index (χ1v) is 6.93. The lowest BCUT2D eigenvalue weighted by atomic mass is 10.0. The van der Waals surface area contributed by atoms with Gasteiger partial charge < -0.3 is 14.4 Å². The third kappa shape index (κ3) is 2.78. The molecular weight excluding hydrogens is 296 g/mol. The topological polar surface area (TPSA) is 81.4 Å². The molecule has 0 atom stereocenters. The normalized spacial score (nSPS) is 10.7. The first-order chi connectivity index (χ1) is 11.1. The SMILES string of the molecule is COc1ccc(C(=O)c2cn(CC(=O)O)c3cnccc23)cc1. The molecule has 0 unspecified atom stereocenters. The minimum Gasteiger partial charge on any atom is -0.497 e. The van der Waals surface area contributed by atoms with E-state index in [4.69, 9.17) is 9.84 Å². The number of carboxylic acid groups (broad SMARTS) is 1. The van der Waals surface area contributed by atoms with Gasteiger partial charge in [-0.1, -0.05) is 0 Å². The van der Waals surface area contributed by atoms with Crippen molar-refractivity contribution in [1.82, 2.24) is 9.55 Å². The number of methoxy groups -OCH3 is 1. The number of aromatic nitrogens is 2. The molecule has 0 bridgehead atoms. The van der Waals surface area contributed by atoms with E-state index in [2.05, 4.69) is 4.98 Å². The Morgan fingerprint density at radius 3 is 2.61 bits per heavy atom. The van der Waals surface area contributed by atoms with Crippen molar-refractivity contribution in [2.45, 2.75) is 6.54 Å². The molecule has 0 amide bonds. The van der Waals surface area contributed by atoms with Crippen LogP contribution in [0.25, 0.3) is 10.9 Å². The number of pyridine rings is 1. The third-order valence-electron chi connectivity index (χ3n) is 3.59. The molecule has 2 heterocycles. The average molecular weight is 310 g/mol. The summed E-state index contributed by atoms with van der Waals surface area (Å²) in [4.78, 5) is 27.7. The van der Waals surface area contributed by atoms with E-state index in [1.807, 2.05) is 0 Å². The molecule has 23 heavy (non-hydrogen) atoms. The Bertz CT molecular complexity index is 881. The largest absolute Gasteiger partial charge is 0.497 e. The number of nitrogens with zero attached hydrogens (tertiary/aromatic N) is 2. The predicted octanol–water partition coefficient (Wildman–Crippen LogP) is 2.36. The number of fused-ring (bicyclic) bond motifs is 1. The molecule has 0 aliphatic rings. The monoisotopic (exact) mass is 310 g/mol. The second-order valence-corrected chi connectivity index (χ2v) is 5.01. The molecule has 0 fully saturated rings. The maximum absolute atomic E-state index is 12.7. The van der Waals surface area contributed by atoms with Gasteiger partial charge in [-0.25, -0.2) is 0 Å². The van der Waals surface area contributed by atoms with Crippen LogP contribution in [0.1, 0.15) is 15.9 Å². The maximum Gasteiger partial charge on any atom is 0.323 e. The highest BCUT2D eigenvalue weighted by molar-refractivity contribution is 6.16. The van der Waals surface area contributed by atoms with Crippen LogP contribution in [0.2, 0.25) is 0 Å². The quantitative estimate of drug-likeness (QED) is 0.732. The molecular formula is C17H14N2O4. The highest BCUT2D eigenvalue weighted by atomic mass is 16.5. The number of aliphatic carboxylic acids is 1. The van der Waals surface area contributed by atoms with Gasteiger partial charge in [-0.05, 0) is 30.3 Å². The van der Waals surface area contributed by atoms with Crippen LogP contribution < -0.4 is 4.74 Å². The van der Waals surface area contributed by atoms with Crippen LogP contribution in [0.15, 0.2) is 48.9 Å². The van der Waals surface area contributed by atoms with Crippen LogP contribution in [-0.4, -0.2) is 33.5 Å². The molecule has 3 rings (SSSR count). The summed E-state index contributed by atoms with van der Waals surface area (Å²) in [5, 5.41) is 9.69. The first-order valence-electron chi connectivity index (χ1n) is 6.93. The van der Waals surface area contributed by atoms with E-state index in [1.54, 1.807) is 56.0 Å². The Kier molecular flexibility index (Phi) is 3.80. The Morgan fingerprint density at radius 1 is 1.22 bits per heavy atom. The van der Waals surface area contributed by atoms with Gasteiger partial charge in [0.15, 0.2) is 5.78 Å². The van der Waals surface area contributed by atoms with Gasteiger partial charge in [-0.3, -0.25) is 14.6 Å². The number of hydrogen-bond acceptors (Lipinski definition) is 4. The van der Waals surface area contributed by atoms with Crippen molar-refractivity contribution < 1.29 is 19.4 Å². The van der Waals surface area contributed by atoms with Crippen molar-refractivity contribution in [1.29, 1.82) is 0 Å². The zero-order chi connectivity index (χ0) is 16.4. The fourth-order valence-electron chi connectivity index (χ4n) is 2.49. The summed E-state index contributed by atoms with van der Waals surface area (Å²) in [6, 6.07) is 8.51. The number of ether oxygens (including phenoxy) is 1. The number of hydrogen-bond donors (Lipinski definition) is 1. The standard InChI is InChI=1S/C17H14N2O4/c1-23-12-4-2-11(3-5-12)17(22)14-9-19(10-16(20)21)15-8-18-7-6-13(14)15/h2-9H,10H2,1H3,(H,20,21). The summed E-state index contributed by atoms with van der Waals surface area (Å²) in [6.45, 7) is -0.224. The fraction of sp³-hybridized carbons (Fsp3) is 0.118. The van der Waals surface area contributed by atoms with Gasteiger partial charge in [0.05, 0.1) is 18.8 Å². The summed E-state index contributed by atoms with van der Waals surface area (Å²) in [7, 11) is 1.56. The van der Waals surface area contributed by atoms with Crippen LogP contribution >= 0.6 is 0 Å². The highest BCUT2D eigenvalue weighted by Gasteiger charge is 2.17. The van der Waals surface area contributed by atoms with Crippen molar-refractivity contribution in [3.8, 4) is 5.75 Å². The van der Waals surface area contributed by atoms with Gasteiger partial charge in [0.2, 0.25) is 0 Å². The van der Waals surface area contributed by atoms with Crippen molar-refractivity contribution >= 4 is 22.7 Å². The van der Waals surface area contributed by atoms with Crippen LogP contribution in [0.4, 0.5) is 0 Å². The Balaban J connectivity index is 2.07. The Morgan fingerprint density at radius 2 is 1.96 bits per heavy atom. The zero-order valence-corrected chi connectivity index (χ0v) is 12.4. The van der Waals surface area contributed by atoms with Gasteiger partial charge in [0.25, 0.3) is 0 Å². The summed E-state index contributed by atoms with van der Waals surface area (Å²) >= 11 is 0. The van der Waals surface area contributed by atoms with E-state index in [1.165, 1.54) is 4.57 Å². The van der Waals surface area contributed by atoms with Gasteiger partial charge in [0.1, 0.15) is 12.3 Å². The highest BCUT2D eigenvalue weighted by Crippen LogP contribution is 2.24. The first kappa shape index (κ1) is 14.8. The molecule has 6 nitrogen and oxygen atoms in total. The molecule has 2 aromatic heterocycles. The zero-order valence-electron chi connectivity index (χ0n) is 12.4. The van der Waals surface area contributed by atoms with E-state index in [0.717, 1.165) is 0 Å². The summed E-state index contributed by atoms with van der Waals surface area (Å²) in [6.07, 6.45) is 4.70. The molecule has 0 spiro atoms. The lowest BCUT2D eigenvalue weighted by Crippen LogP contribution is -2.07. The number of rotatable bonds is 5. The average Bonchev–Trinajstić information content (AvgIpc) is 2.92. The van der Waals surface area contributed by atoms with Crippen LogP contribution in [0.5, 0.6) is 5.75 Å². The van der Waals surface area contributed by atoms with Gasteiger partial charge in [-0.2, -0.15) is 0 Å². The van der Waals surface area contributed by atoms with E-state index < -0.39 is 5.97 Å². The van der Waals surface area contributed by atoms with Crippen LogP contribution in [0, 0.1) is 0 Å². The minimum absolute atomic E-state index is 0.173.